The first-order chi connectivity index (χ1) is 9.90. The van der Waals surface area contributed by atoms with Crippen molar-refractivity contribution in [2.45, 2.75) is 31.3 Å². The first kappa shape index (κ1) is 16.6. The summed E-state index contributed by atoms with van der Waals surface area (Å²) in [6.07, 6.45) is 0.508. The van der Waals surface area contributed by atoms with Crippen molar-refractivity contribution in [1.82, 2.24) is 5.32 Å². The summed E-state index contributed by atoms with van der Waals surface area (Å²) >= 11 is 0. The second kappa shape index (κ2) is 8.01. The molecule has 114 valence electrons. The summed E-state index contributed by atoms with van der Waals surface area (Å²) < 4.78 is 0. The number of benzene rings is 1. The highest BCUT2D eigenvalue weighted by Crippen LogP contribution is 2.04. The van der Waals surface area contributed by atoms with Gasteiger partial charge in [-0.25, -0.2) is 4.79 Å². The van der Waals surface area contributed by atoms with E-state index in [4.69, 9.17) is 16.6 Å². The highest BCUT2D eigenvalue weighted by Gasteiger charge is 2.24. The van der Waals surface area contributed by atoms with Crippen LogP contribution in [0.2, 0.25) is 0 Å². The van der Waals surface area contributed by atoms with Crippen molar-refractivity contribution in [2.24, 2.45) is 11.5 Å². The van der Waals surface area contributed by atoms with Crippen molar-refractivity contribution in [3.63, 3.8) is 0 Å². The maximum atomic E-state index is 11.8. The van der Waals surface area contributed by atoms with Gasteiger partial charge >= 0.3 is 5.97 Å². The number of carbonyl (C=O) groups excluding carboxylic acids is 2. The van der Waals surface area contributed by atoms with Gasteiger partial charge in [0.05, 0.1) is 12.5 Å². The molecule has 0 heterocycles. The average Bonchev–Trinajstić information content (AvgIpc) is 2.44. The third-order valence-electron chi connectivity index (χ3n) is 2.94. The third-order valence-corrected chi connectivity index (χ3v) is 2.94. The molecular formula is C14H19N3O4. The van der Waals surface area contributed by atoms with Crippen LogP contribution >= 0.6 is 0 Å². The van der Waals surface area contributed by atoms with Crippen molar-refractivity contribution in [2.75, 3.05) is 0 Å². The summed E-state index contributed by atoms with van der Waals surface area (Å²) in [6, 6.07) is 7.29. The number of amides is 2. The number of carboxylic acid groups (broad SMARTS) is 1. The number of hydrogen-bond acceptors (Lipinski definition) is 4. The van der Waals surface area contributed by atoms with Crippen molar-refractivity contribution in [1.29, 1.82) is 0 Å². The molecule has 7 heteroatoms. The van der Waals surface area contributed by atoms with Gasteiger partial charge in [0.1, 0.15) is 6.04 Å². The van der Waals surface area contributed by atoms with Gasteiger partial charge in [-0.1, -0.05) is 30.3 Å². The molecule has 0 bridgehead atoms. The molecule has 1 aromatic carbocycles. The molecule has 2 amide bonds. The first-order valence-corrected chi connectivity index (χ1v) is 6.51. The number of nitrogens with one attached hydrogen (secondary N) is 1. The Labute approximate surface area is 122 Å². The molecule has 0 spiro atoms. The number of carbonyl (C=O) groups is 3. The second-order valence-electron chi connectivity index (χ2n) is 4.70. The lowest BCUT2D eigenvalue weighted by Gasteiger charge is -2.16. The second-order valence-corrected chi connectivity index (χ2v) is 4.70. The fourth-order valence-electron chi connectivity index (χ4n) is 1.78. The van der Waals surface area contributed by atoms with E-state index in [1.54, 1.807) is 0 Å². The molecule has 0 saturated carbocycles. The Bertz CT molecular complexity index is 504. The van der Waals surface area contributed by atoms with Gasteiger partial charge in [0.25, 0.3) is 0 Å². The lowest BCUT2D eigenvalue weighted by atomic mass is 10.0. The van der Waals surface area contributed by atoms with Gasteiger partial charge in [0.15, 0.2) is 0 Å². The minimum Gasteiger partial charge on any atom is -0.480 e. The van der Waals surface area contributed by atoms with Crippen molar-refractivity contribution in [3.8, 4) is 0 Å². The molecule has 21 heavy (non-hydrogen) atoms. The van der Waals surface area contributed by atoms with Crippen molar-refractivity contribution in [3.05, 3.63) is 35.9 Å². The molecule has 2 atom stereocenters. The maximum absolute atomic E-state index is 11.8. The van der Waals surface area contributed by atoms with E-state index in [1.807, 2.05) is 30.3 Å². The molecule has 0 aromatic heterocycles. The zero-order chi connectivity index (χ0) is 15.8. The van der Waals surface area contributed by atoms with Gasteiger partial charge in [0, 0.05) is 0 Å². The van der Waals surface area contributed by atoms with E-state index in [2.05, 4.69) is 5.32 Å². The number of hydrogen-bond donors (Lipinski definition) is 4. The summed E-state index contributed by atoms with van der Waals surface area (Å²) in [5, 5.41) is 11.1. The Hall–Kier alpha value is -2.41. The monoisotopic (exact) mass is 293 g/mol. The highest BCUT2D eigenvalue weighted by atomic mass is 16.4. The fraction of sp³-hybridized carbons (Fsp3) is 0.357. The van der Waals surface area contributed by atoms with Crippen LogP contribution in [0.15, 0.2) is 30.3 Å². The summed E-state index contributed by atoms with van der Waals surface area (Å²) in [5.74, 6) is -2.74. The highest BCUT2D eigenvalue weighted by molar-refractivity contribution is 5.89. The van der Waals surface area contributed by atoms with E-state index in [0.29, 0.717) is 12.8 Å². The number of aryl methyl sites for hydroxylation is 1. The van der Waals surface area contributed by atoms with Crippen LogP contribution in [0.4, 0.5) is 0 Å². The van der Waals surface area contributed by atoms with Crippen LogP contribution in [0.3, 0.4) is 0 Å². The smallest absolute Gasteiger partial charge is 0.326 e. The van der Waals surface area contributed by atoms with Crippen LogP contribution < -0.4 is 16.8 Å². The molecule has 0 aliphatic heterocycles. The molecule has 1 rings (SSSR count). The van der Waals surface area contributed by atoms with Gasteiger partial charge in [-0.05, 0) is 18.4 Å². The largest absolute Gasteiger partial charge is 0.480 e. The predicted octanol–water partition coefficient (Wildman–Crippen LogP) is -0.609. The van der Waals surface area contributed by atoms with Crippen molar-refractivity contribution >= 4 is 17.8 Å². The van der Waals surface area contributed by atoms with E-state index < -0.39 is 36.3 Å². The maximum Gasteiger partial charge on any atom is 0.326 e. The molecule has 1 unspecified atom stereocenters. The number of rotatable bonds is 8. The van der Waals surface area contributed by atoms with E-state index in [-0.39, 0.29) is 0 Å². The zero-order valence-corrected chi connectivity index (χ0v) is 11.5. The van der Waals surface area contributed by atoms with Crippen LogP contribution in [0.5, 0.6) is 0 Å². The van der Waals surface area contributed by atoms with E-state index >= 15 is 0 Å². The molecule has 7 nitrogen and oxygen atoms in total. The van der Waals surface area contributed by atoms with Crippen molar-refractivity contribution < 1.29 is 19.5 Å². The van der Waals surface area contributed by atoms with Gasteiger partial charge in [0.2, 0.25) is 11.8 Å². The Morgan fingerprint density at radius 3 is 2.33 bits per heavy atom. The lowest BCUT2D eigenvalue weighted by molar-refractivity contribution is -0.143. The van der Waals surface area contributed by atoms with Gasteiger partial charge in [-0.2, -0.15) is 0 Å². The molecule has 0 saturated heterocycles. The number of aliphatic carboxylic acids is 1. The molecule has 0 radical (unpaired) electrons. The quantitative estimate of drug-likeness (QED) is 0.507. The summed E-state index contributed by atoms with van der Waals surface area (Å²) in [6.45, 7) is 0. The predicted molar refractivity (Wildman–Crippen MR) is 76.1 cm³/mol. The summed E-state index contributed by atoms with van der Waals surface area (Å²) in [5.41, 5.74) is 11.7. The molecule has 1 aromatic rings. The lowest BCUT2D eigenvalue weighted by Crippen LogP contribution is -2.49. The van der Waals surface area contributed by atoms with Crippen LogP contribution in [0.1, 0.15) is 18.4 Å². The Morgan fingerprint density at radius 2 is 1.81 bits per heavy atom. The topological polar surface area (TPSA) is 136 Å². The Balaban J connectivity index is 2.49. The Kier molecular flexibility index (Phi) is 6.35. The van der Waals surface area contributed by atoms with Crippen LogP contribution in [-0.4, -0.2) is 35.0 Å². The summed E-state index contributed by atoms with van der Waals surface area (Å²) in [7, 11) is 0. The first-order valence-electron chi connectivity index (χ1n) is 6.51. The molecular weight excluding hydrogens is 274 g/mol. The van der Waals surface area contributed by atoms with E-state index in [1.165, 1.54) is 0 Å². The number of primary amides is 1. The van der Waals surface area contributed by atoms with E-state index in [0.717, 1.165) is 5.56 Å². The van der Waals surface area contributed by atoms with Crippen LogP contribution in [-0.2, 0) is 20.8 Å². The zero-order valence-electron chi connectivity index (χ0n) is 11.5. The third kappa shape index (κ3) is 6.05. The SMILES string of the molecule is NC(=O)C[C@H](NC(=O)C(N)CCc1ccccc1)C(=O)O. The van der Waals surface area contributed by atoms with Crippen LogP contribution in [0.25, 0.3) is 0 Å². The Morgan fingerprint density at radius 1 is 1.19 bits per heavy atom. The average molecular weight is 293 g/mol. The van der Waals surface area contributed by atoms with Gasteiger partial charge < -0.3 is 21.9 Å². The minimum absolute atomic E-state index is 0.374. The minimum atomic E-state index is -1.35. The summed E-state index contributed by atoms with van der Waals surface area (Å²) in [4.78, 5) is 33.5. The molecule has 0 aliphatic carbocycles. The fourth-order valence-corrected chi connectivity index (χ4v) is 1.78. The number of nitrogens with two attached hydrogens (primary N) is 2. The standard InChI is InChI=1S/C14H19N3O4/c15-10(7-6-9-4-2-1-3-5-9)13(19)17-11(14(20)21)8-12(16)18/h1-5,10-11H,6-8,15H2,(H2,16,18)(H,17,19)(H,20,21)/t10?,11-/m0/s1. The normalized spacial score (nSPS) is 13.2. The van der Waals surface area contributed by atoms with E-state index in [9.17, 15) is 14.4 Å². The molecule has 6 N–H and O–H groups in total. The van der Waals surface area contributed by atoms with Crippen LogP contribution in [0, 0.1) is 0 Å². The van der Waals surface area contributed by atoms with Gasteiger partial charge in [-0.3, -0.25) is 9.59 Å². The molecule has 0 aliphatic rings. The number of carboxylic acids is 1. The van der Waals surface area contributed by atoms with Gasteiger partial charge in [-0.15, -0.1) is 0 Å². The molecule has 0 fully saturated rings.